The number of aromatic nitrogens is 3. The van der Waals surface area contributed by atoms with Gasteiger partial charge in [0.15, 0.2) is 0 Å². The van der Waals surface area contributed by atoms with Crippen molar-refractivity contribution in [3.63, 3.8) is 0 Å². The third-order valence-electron chi connectivity index (χ3n) is 7.19. The van der Waals surface area contributed by atoms with E-state index in [1.165, 1.54) is 10.9 Å². The van der Waals surface area contributed by atoms with Gasteiger partial charge in [0.1, 0.15) is 6.17 Å². The fourth-order valence-corrected chi connectivity index (χ4v) is 5.59. The molecular formula is C27H28N6O2. The molecule has 1 atom stereocenters. The van der Waals surface area contributed by atoms with E-state index in [1.807, 2.05) is 47.5 Å². The Balaban J connectivity index is 1.31. The summed E-state index contributed by atoms with van der Waals surface area (Å²) >= 11 is 0. The van der Waals surface area contributed by atoms with E-state index in [0.717, 1.165) is 28.9 Å². The summed E-state index contributed by atoms with van der Waals surface area (Å²) in [5.41, 5.74) is 5.20. The number of carbonyl (C=O) groups is 2. The number of aryl methyl sites for hydroxylation is 1. The van der Waals surface area contributed by atoms with Gasteiger partial charge >= 0.3 is 0 Å². The SMILES string of the molecule is CN1c2ccccc2C(=O)N2CCc3c(n(CCC(=O)NCCn4cccn4)c4ccccc34)C21. The smallest absolute Gasteiger partial charge is 0.257 e. The monoisotopic (exact) mass is 468 g/mol. The van der Waals surface area contributed by atoms with Crippen LogP contribution in [-0.4, -0.2) is 51.2 Å². The van der Waals surface area contributed by atoms with Gasteiger partial charge in [-0.2, -0.15) is 5.10 Å². The first-order chi connectivity index (χ1) is 17.1. The van der Waals surface area contributed by atoms with Gasteiger partial charge < -0.3 is 19.7 Å². The summed E-state index contributed by atoms with van der Waals surface area (Å²) in [4.78, 5) is 30.3. The number of hydrogen-bond donors (Lipinski definition) is 1. The molecule has 1 unspecified atom stereocenters. The van der Waals surface area contributed by atoms with E-state index < -0.39 is 0 Å². The molecule has 6 rings (SSSR count). The van der Waals surface area contributed by atoms with E-state index in [1.54, 1.807) is 10.9 Å². The van der Waals surface area contributed by atoms with E-state index in [-0.39, 0.29) is 18.0 Å². The van der Waals surface area contributed by atoms with Gasteiger partial charge in [-0.25, -0.2) is 0 Å². The number of benzene rings is 2. The summed E-state index contributed by atoms with van der Waals surface area (Å²) in [6, 6.07) is 18.1. The van der Waals surface area contributed by atoms with Crippen molar-refractivity contribution in [2.45, 2.75) is 32.1 Å². The van der Waals surface area contributed by atoms with Crippen LogP contribution in [0.1, 0.15) is 34.2 Å². The lowest BCUT2D eigenvalue weighted by molar-refractivity contribution is -0.121. The molecule has 8 heteroatoms. The minimum Gasteiger partial charge on any atom is -0.354 e. The largest absolute Gasteiger partial charge is 0.354 e. The Hall–Kier alpha value is -4.07. The average Bonchev–Trinajstić information content (AvgIpc) is 3.52. The second kappa shape index (κ2) is 8.61. The Morgan fingerprint density at radius 2 is 1.91 bits per heavy atom. The van der Waals surface area contributed by atoms with Gasteiger partial charge in [-0.15, -0.1) is 0 Å². The van der Waals surface area contributed by atoms with Gasteiger partial charge in [0, 0.05) is 56.4 Å². The number of anilines is 1. The molecule has 2 amide bonds. The van der Waals surface area contributed by atoms with Gasteiger partial charge in [0.05, 0.1) is 23.5 Å². The molecule has 4 heterocycles. The molecule has 2 aromatic carbocycles. The average molecular weight is 469 g/mol. The zero-order valence-corrected chi connectivity index (χ0v) is 19.7. The second-order valence-corrected chi connectivity index (χ2v) is 9.15. The molecule has 8 nitrogen and oxygen atoms in total. The van der Waals surface area contributed by atoms with E-state index in [4.69, 9.17) is 0 Å². The Labute approximate surface area is 203 Å². The van der Waals surface area contributed by atoms with Crippen LogP contribution < -0.4 is 10.2 Å². The maximum Gasteiger partial charge on any atom is 0.257 e. The molecule has 0 saturated heterocycles. The first kappa shape index (κ1) is 21.5. The fourth-order valence-electron chi connectivity index (χ4n) is 5.59. The summed E-state index contributed by atoms with van der Waals surface area (Å²) < 4.78 is 4.06. The van der Waals surface area contributed by atoms with Crippen molar-refractivity contribution < 1.29 is 9.59 Å². The lowest BCUT2D eigenvalue weighted by atomic mass is 9.96. The summed E-state index contributed by atoms with van der Waals surface area (Å²) in [7, 11) is 2.06. The van der Waals surface area contributed by atoms with Crippen LogP contribution in [-0.2, 0) is 24.3 Å². The fraction of sp³-hybridized carbons (Fsp3) is 0.296. The highest BCUT2D eigenvalue weighted by atomic mass is 16.2. The molecule has 4 aromatic rings. The predicted molar refractivity (Wildman–Crippen MR) is 134 cm³/mol. The Kier molecular flexibility index (Phi) is 5.28. The van der Waals surface area contributed by atoms with Gasteiger partial charge in [0.2, 0.25) is 5.91 Å². The zero-order chi connectivity index (χ0) is 23.9. The Morgan fingerprint density at radius 3 is 2.77 bits per heavy atom. The van der Waals surface area contributed by atoms with Crippen LogP contribution in [0.5, 0.6) is 0 Å². The van der Waals surface area contributed by atoms with Crippen LogP contribution in [0.2, 0.25) is 0 Å². The van der Waals surface area contributed by atoms with Crippen LogP contribution in [0.4, 0.5) is 5.69 Å². The molecule has 0 radical (unpaired) electrons. The molecular weight excluding hydrogens is 440 g/mol. The molecule has 1 N–H and O–H groups in total. The maximum absolute atomic E-state index is 13.4. The Morgan fingerprint density at radius 1 is 1.09 bits per heavy atom. The quantitative estimate of drug-likeness (QED) is 0.472. The van der Waals surface area contributed by atoms with Crippen LogP contribution in [0.25, 0.3) is 10.9 Å². The highest BCUT2D eigenvalue weighted by molar-refractivity contribution is 6.02. The topological polar surface area (TPSA) is 75.4 Å². The van der Waals surface area contributed by atoms with E-state index >= 15 is 0 Å². The maximum atomic E-state index is 13.4. The number of fused-ring (bicyclic) bond motifs is 6. The number of hydrogen-bond acceptors (Lipinski definition) is 4. The van der Waals surface area contributed by atoms with E-state index in [9.17, 15) is 9.59 Å². The number of nitrogens with zero attached hydrogens (tertiary/aromatic N) is 5. The number of rotatable bonds is 6. The number of para-hydroxylation sites is 2. The number of nitrogens with one attached hydrogen (secondary N) is 1. The molecule has 0 bridgehead atoms. The van der Waals surface area contributed by atoms with E-state index in [0.29, 0.717) is 32.6 Å². The molecule has 178 valence electrons. The molecule has 2 aromatic heterocycles. The van der Waals surface area contributed by atoms with Crippen LogP contribution in [0.15, 0.2) is 67.0 Å². The number of carbonyl (C=O) groups excluding carboxylic acids is 2. The molecule has 35 heavy (non-hydrogen) atoms. The van der Waals surface area contributed by atoms with Gasteiger partial charge in [-0.05, 0) is 36.2 Å². The highest BCUT2D eigenvalue weighted by Crippen LogP contribution is 2.44. The molecule has 0 aliphatic carbocycles. The summed E-state index contributed by atoms with van der Waals surface area (Å²) in [5.74, 6) is 0.0808. The lowest BCUT2D eigenvalue weighted by Gasteiger charge is -2.46. The lowest BCUT2D eigenvalue weighted by Crippen LogP contribution is -2.51. The summed E-state index contributed by atoms with van der Waals surface area (Å²) in [6.07, 6.45) is 4.59. The van der Waals surface area contributed by atoms with Crippen molar-refractivity contribution in [3.05, 3.63) is 83.8 Å². The second-order valence-electron chi connectivity index (χ2n) is 9.15. The van der Waals surface area contributed by atoms with Crippen molar-refractivity contribution in [3.8, 4) is 0 Å². The van der Waals surface area contributed by atoms with Crippen molar-refractivity contribution in [1.82, 2.24) is 24.6 Å². The molecule has 0 saturated carbocycles. The third-order valence-corrected chi connectivity index (χ3v) is 7.19. The molecule has 0 fully saturated rings. The van der Waals surface area contributed by atoms with Gasteiger partial charge in [0.25, 0.3) is 5.91 Å². The first-order valence-electron chi connectivity index (χ1n) is 12.1. The normalized spacial score (nSPS) is 16.7. The predicted octanol–water partition coefficient (Wildman–Crippen LogP) is 3.19. The molecule has 2 aliphatic rings. The Bertz CT molecular complexity index is 1410. The summed E-state index contributed by atoms with van der Waals surface area (Å²) in [6.45, 7) is 2.41. The standard InChI is InChI=1S/C27H28N6O2/c1-30-22-9-4-3-8-21(22)27(35)33-16-11-20-19-7-2-5-10-23(19)32(25(20)26(30)33)17-12-24(34)28-14-18-31-15-6-13-29-31/h2-10,13,15,26H,11-12,14,16-18H2,1H3,(H,28,34). The number of amides is 2. The van der Waals surface area contributed by atoms with Crippen molar-refractivity contribution in [2.75, 3.05) is 25.0 Å². The molecule has 0 spiro atoms. The highest BCUT2D eigenvalue weighted by Gasteiger charge is 2.42. The van der Waals surface area contributed by atoms with Gasteiger partial charge in [-0.1, -0.05) is 30.3 Å². The first-order valence-corrected chi connectivity index (χ1v) is 12.1. The van der Waals surface area contributed by atoms with E-state index in [2.05, 4.69) is 45.1 Å². The zero-order valence-electron chi connectivity index (χ0n) is 19.7. The van der Waals surface area contributed by atoms with Crippen LogP contribution >= 0.6 is 0 Å². The van der Waals surface area contributed by atoms with Crippen molar-refractivity contribution in [2.24, 2.45) is 0 Å². The van der Waals surface area contributed by atoms with Crippen LogP contribution in [0, 0.1) is 0 Å². The summed E-state index contributed by atoms with van der Waals surface area (Å²) in [5, 5.41) is 8.39. The minimum atomic E-state index is -0.198. The third kappa shape index (κ3) is 3.56. The van der Waals surface area contributed by atoms with Crippen molar-refractivity contribution >= 4 is 28.4 Å². The van der Waals surface area contributed by atoms with Crippen LogP contribution in [0.3, 0.4) is 0 Å². The minimum absolute atomic E-state index is 0.00905. The molecule has 2 aliphatic heterocycles. The van der Waals surface area contributed by atoms with Gasteiger partial charge in [-0.3, -0.25) is 14.3 Å². The van der Waals surface area contributed by atoms with Crippen molar-refractivity contribution in [1.29, 1.82) is 0 Å².